The summed E-state index contributed by atoms with van der Waals surface area (Å²) < 4.78 is 5.45. The fourth-order valence-electron chi connectivity index (χ4n) is 1.45. The van der Waals surface area contributed by atoms with Crippen molar-refractivity contribution in [2.24, 2.45) is 0 Å². The van der Waals surface area contributed by atoms with Crippen LogP contribution in [0.3, 0.4) is 0 Å². The van der Waals surface area contributed by atoms with Gasteiger partial charge in [-0.2, -0.15) is 0 Å². The largest absolute Gasteiger partial charge is 0.367 e. The number of nitrogens with zero attached hydrogens (tertiary/aromatic N) is 1. The second-order valence-corrected chi connectivity index (χ2v) is 4.75. The predicted molar refractivity (Wildman–Crippen MR) is 70.7 cm³/mol. The van der Waals surface area contributed by atoms with E-state index in [0.29, 0.717) is 0 Å². The van der Waals surface area contributed by atoms with Crippen molar-refractivity contribution in [2.45, 2.75) is 51.9 Å². The smallest absolute Gasteiger partial charge is 0.0972 e. The monoisotopic (exact) mass is 233 g/mol. The van der Waals surface area contributed by atoms with Crippen LogP contribution in [0.2, 0.25) is 0 Å². The fourth-order valence-corrected chi connectivity index (χ4v) is 1.56. The standard InChI is InChI=1S/C12H27NOS/c1-4-6-8-13(9-7-5-2)10-11-14-12(3)15/h12,15H,4-11H2,1-3H3. The lowest BCUT2D eigenvalue weighted by atomic mass is 10.2. The Morgan fingerprint density at radius 1 is 1.07 bits per heavy atom. The van der Waals surface area contributed by atoms with E-state index in [1.807, 2.05) is 6.92 Å². The maximum atomic E-state index is 5.45. The van der Waals surface area contributed by atoms with E-state index in [9.17, 15) is 0 Å². The van der Waals surface area contributed by atoms with Crippen LogP contribution in [0, 0.1) is 0 Å². The van der Waals surface area contributed by atoms with Crippen molar-refractivity contribution in [1.82, 2.24) is 4.90 Å². The Kier molecular flexibility index (Phi) is 11.0. The molecule has 0 aliphatic rings. The average molecular weight is 233 g/mol. The van der Waals surface area contributed by atoms with Crippen molar-refractivity contribution in [3.05, 3.63) is 0 Å². The minimum absolute atomic E-state index is 0.0594. The normalized spacial score (nSPS) is 13.4. The van der Waals surface area contributed by atoms with Gasteiger partial charge in [0.2, 0.25) is 0 Å². The van der Waals surface area contributed by atoms with E-state index in [2.05, 4.69) is 31.4 Å². The average Bonchev–Trinajstić information content (AvgIpc) is 2.20. The Hall–Kier alpha value is 0.270. The molecule has 0 N–H and O–H groups in total. The van der Waals surface area contributed by atoms with Gasteiger partial charge in [0.05, 0.1) is 12.0 Å². The highest BCUT2D eigenvalue weighted by molar-refractivity contribution is 7.80. The van der Waals surface area contributed by atoms with Gasteiger partial charge in [-0.1, -0.05) is 26.7 Å². The maximum absolute atomic E-state index is 5.45. The molecule has 0 saturated heterocycles. The van der Waals surface area contributed by atoms with Crippen LogP contribution in [0.5, 0.6) is 0 Å². The van der Waals surface area contributed by atoms with Crippen molar-refractivity contribution >= 4 is 12.6 Å². The van der Waals surface area contributed by atoms with Gasteiger partial charge < -0.3 is 9.64 Å². The molecule has 0 rings (SSSR count). The van der Waals surface area contributed by atoms with Gasteiger partial charge in [-0.3, -0.25) is 0 Å². The Bertz CT molecular complexity index is 123. The van der Waals surface area contributed by atoms with E-state index >= 15 is 0 Å². The van der Waals surface area contributed by atoms with Crippen LogP contribution < -0.4 is 0 Å². The molecule has 15 heavy (non-hydrogen) atoms. The van der Waals surface area contributed by atoms with Crippen molar-refractivity contribution in [2.75, 3.05) is 26.2 Å². The molecule has 0 aliphatic carbocycles. The number of thiol groups is 1. The summed E-state index contributed by atoms with van der Waals surface area (Å²) >= 11 is 4.20. The lowest BCUT2D eigenvalue weighted by Gasteiger charge is -2.22. The third-order valence-electron chi connectivity index (χ3n) is 2.42. The van der Waals surface area contributed by atoms with Gasteiger partial charge in [0.15, 0.2) is 0 Å². The molecule has 0 bridgehead atoms. The van der Waals surface area contributed by atoms with E-state index in [4.69, 9.17) is 4.74 Å². The Morgan fingerprint density at radius 3 is 2.00 bits per heavy atom. The zero-order valence-corrected chi connectivity index (χ0v) is 11.4. The fraction of sp³-hybridized carbons (Fsp3) is 1.00. The number of rotatable bonds is 10. The zero-order valence-electron chi connectivity index (χ0n) is 10.5. The third-order valence-corrected chi connectivity index (χ3v) is 2.57. The van der Waals surface area contributed by atoms with Crippen molar-refractivity contribution in [1.29, 1.82) is 0 Å². The molecule has 0 aromatic rings. The molecule has 0 aromatic carbocycles. The zero-order chi connectivity index (χ0) is 11.5. The molecule has 3 heteroatoms. The highest BCUT2D eigenvalue weighted by Crippen LogP contribution is 2.00. The first-order chi connectivity index (χ1) is 7.20. The number of hydrogen-bond donors (Lipinski definition) is 1. The molecular formula is C12H27NOS. The molecule has 2 nitrogen and oxygen atoms in total. The molecule has 0 saturated carbocycles. The summed E-state index contributed by atoms with van der Waals surface area (Å²) in [4.78, 5) is 2.50. The molecule has 1 unspecified atom stereocenters. The van der Waals surface area contributed by atoms with Crippen LogP contribution >= 0.6 is 12.6 Å². The molecule has 0 fully saturated rings. The summed E-state index contributed by atoms with van der Waals surface area (Å²) in [6.45, 7) is 10.7. The van der Waals surface area contributed by atoms with Crippen molar-refractivity contribution in [3.8, 4) is 0 Å². The van der Waals surface area contributed by atoms with Gasteiger partial charge in [0, 0.05) is 6.54 Å². The molecule has 0 heterocycles. The van der Waals surface area contributed by atoms with Crippen LogP contribution in [0.4, 0.5) is 0 Å². The first kappa shape index (κ1) is 15.3. The summed E-state index contributed by atoms with van der Waals surface area (Å²) in [5.74, 6) is 0. The Morgan fingerprint density at radius 2 is 1.60 bits per heavy atom. The van der Waals surface area contributed by atoms with Crippen molar-refractivity contribution in [3.63, 3.8) is 0 Å². The number of hydrogen-bond acceptors (Lipinski definition) is 3. The van der Waals surface area contributed by atoms with Crippen LogP contribution in [-0.4, -0.2) is 36.6 Å². The first-order valence-corrected chi connectivity index (χ1v) is 6.74. The van der Waals surface area contributed by atoms with Crippen LogP contribution in [0.25, 0.3) is 0 Å². The van der Waals surface area contributed by atoms with E-state index in [-0.39, 0.29) is 5.44 Å². The highest BCUT2D eigenvalue weighted by atomic mass is 32.1. The van der Waals surface area contributed by atoms with E-state index in [1.54, 1.807) is 0 Å². The Labute approximate surface area is 101 Å². The lowest BCUT2D eigenvalue weighted by Crippen LogP contribution is -2.30. The molecule has 0 amide bonds. The topological polar surface area (TPSA) is 12.5 Å². The van der Waals surface area contributed by atoms with Gasteiger partial charge in [-0.15, -0.1) is 12.6 Å². The molecule has 0 aromatic heterocycles. The van der Waals surface area contributed by atoms with E-state index in [1.165, 1.54) is 38.8 Å². The second kappa shape index (κ2) is 10.8. The summed E-state index contributed by atoms with van der Waals surface area (Å²) in [5.41, 5.74) is 0.0594. The van der Waals surface area contributed by atoms with Crippen LogP contribution in [0.15, 0.2) is 0 Å². The molecule has 1 atom stereocenters. The Balaban J connectivity index is 3.58. The van der Waals surface area contributed by atoms with E-state index in [0.717, 1.165) is 13.2 Å². The molecular weight excluding hydrogens is 206 g/mol. The molecule has 0 spiro atoms. The predicted octanol–water partition coefficient (Wildman–Crippen LogP) is 3.18. The molecule has 0 radical (unpaired) electrons. The third kappa shape index (κ3) is 10.6. The SMILES string of the molecule is CCCCN(CCCC)CCOC(C)S. The number of ether oxygens (including phenoxy) is 1. The highest BCUT2D eigenvalue weighted by Gasteiger charge is 2.04. The number of unbranched alkanes of at least 4 members (excludes halogenated alkanes) is 2. The lowest BCUT2D eigenvalue weighted by molar-refractivity contribution is 0.0952. The molecule has 92 valence electrons. The summed E-state index contributed by atoms with van der Waals surface area (Å²) in [7, 11) is 0. The molecule has 0 aliphatic heterocycles. The van der Waals surface area contributed by atoms with E-state index < -0.39 is 0 Å². The summed E-state index contributed by atoms with van der Waals surface area (Å²) in [5, 5.41) is 0. The van der Waals surface area contributed by atoms with Crippen molar-refractivity contribution < 1.29 is 4.74 Å². The van der Waals surface area contributed by atoms with Crippen LogP contribution in [0.1, 0.15) is 46.5 Å². The maximum Gasteiger partial charge on any atom is 0.0972 e. The van der Waals surface area contributed by atoms with Crippen LogP contribution in [-0.2, 0) is 4.74 Å². The summed E-state index contributed by atoms with van der Waals surface area (Å²) in [6.07, 6.45) is 5.12. The summed E-state index contributed by atoms with van der Waals surface area (Å²) in [6, 6.07) is 0. The second-order valence-electron chi connectivity index (χ2n) is 4.02. The van der Waals surface area contributed by atoms with Gasteiger partial charge in [0.1, 0.15) is 0 Å². The van der Waals surface area contributed by atoms with Gasteiger partial charge in [0.25, 0.3) is 0 Å². The first-order valence-electron chi connectivity index (χ1n) is 6.22. The van der Waals surface area contributed by atoms with Gasteiger partial charge in [-0.05, 0) is 32.9 Å². The minimum Gasteiger partial charge on any atom is -0.367 e. The van der Waals surface area contributed by atoms with Gasteiger partial charge in [-0.25, -0.2) is 0 Å². The minimum atomic E-state index is 0.0594. The van der Waals surface area contributed by atoms with Gasteiger partial charge >= 0.3 is 0 Å². The quantitative estimate of drug-likeness (QED) is 0.459.